The van der Waals surface area contributed by atoms with Crippen molar-refractivity contribution in [3.05, 3.63) is 63.1 Å². The third kappa shape index (κ3) is 2.50. The van der Waals surface area contributed by atoms with E-state index in [1.165, 1.54) is 6.20 Å². The Morgan fingerprint density at radius 3 is 2.60 bits per heavy atom. The number of aromatic nitrogens is 1. The Hall–Kier alpha value is -1.26. The molecule has 0 spiro atoms. The highest BCUT2D eigenvalue weighted by Crippen LogP contribution is 2.31. The molecule has 3 aromatic rings. The number of benzene rings is 1. The van der Waals surface area contributed by atoms with Crippen LogP contribution in [0.5, 0.6) is 0 Å². The van der Waals surface area contributed by atoms with E-state index in [4.69, 9.17) is 45.0 Å². The van der Waals surface area contributed by atoms with Crippen LogP contribution in [0, 0.1) is 0 Å². The highest BCUT2D eigenvalue weighted by atomic mass is 35.5. The number of pyridine rings is 1. The average Bonchev–Trinajstić information content (AvgIpc) is 2.81. The maximum absolute atomic E-state index is 6.15. The number of hydrogen-bond acceptors (Lipinski definition) is 3. The Balaban J connectivity index is 2.05. The summed E-state index contributed by atoms with van der Waals surface area (Å²) in [5.41, 5.74) is 7.38. The molecular formula is C14H9Cl3N2O. The van der Waals surface area contributed by atoms with E-state index >= 15 is 0 Å². The minimum atomic E-state index is -0.564. The van der Waals surface area contributed by atoms with Crippen molar-refractivity contribution in [1.82, 2.24) is 4.98 Å². The molecule has 0 bridgehead atoms. The van der Waals surface area contributed by atoms with E-state index in [9.17, 15) is 0 Å². The zero-order chi connectivity index (χ0) is 14.3. The third-order valence-corrected chi connectivity index (χ3v) is 3.68. The molecule has 0 saturated heterocycles. The van der Waals surface area contributed by atoms with Gasteiger partial charge in [0.1, 0.15) is 17.4 Å². The van der Waals surface area contributed by atoms with Gasteiger partial charge in [0.05, 0.1) is 15.7 Å². The van der Waals surface area contributed by atoms with Crippen molar-refractivity contribution < 1.29 is 4.42 Å². The molecule has 3 rings (SSSR count). The highest BCUT2D eigenvalue weighted by Gasteiger charge is 2.18. The lowest BCUT2D eigenvalue weighted by atomic mass is 10.1. The number of hydrogen-bond donors (Lipinski definition) is 1. The van der Waals surface area contributed by atoms with E-state index in [-0.39, 0.29) is 0 Å². The Morgan fingerprint density at radius 2 is 1.85 bits per heavy atom. The van der Waals surface area contributed by atoms with Crippen LogP contribution in [0.4, 0.5) is 0 Å². The van der Waals surface area contributed by atoms with Crippen LogP contribution < -0.4 is 5.73 Å². The van der Waals surface area contributed by atoms with Crippen molar-refractivity contribution in [3.8, 4) is 0 Å². The maximum atomic E-state index is 6.15. The van der Waals surface area contributed by atoms with Crippen LogP contribution in [0.1, 0.15) is 17.5 Å². The van der Waals surface area contributed by atoms with E-state index in [0.29, 0.717) is 32.1 Å². The Kier molecular flexibility index (Phi) is 3.61. The quantitative estimate of drug-likeness (QED) is 0.733. The fourth-order valence-corrected chi connectivity index (χ4v) is 2.65. The zero-order valence-corrected chi connectivity index (χ0v) is 12.4. The molecule has 1 unspecified atom stereocenters. The molecule has 20 heavy (non-hydrogen) atoms. The predicted octanol–water partition coefficient (Wildman–Crippen LogP) is 4.84. The topological polar surface area (TPSA) is 52.0 Å². The van der Waals surface area contributed by atoms with E-state index in [1.54, 1.807) is 18.2 Å². The zero-order valence-electron chi connectivity index (χ0n) is 10.1. The molecule has 0 saturated carbocycles. The van der Waals surface area contributed by atoms with Crippen molar-refractivity contribution in [2.24, 2.45) is 5.73 Å². The van der Waals surface area contributed by atoms with Crippen LogP contribution >= 0.6 is 34.8 Å². The fraction of sp³-hybridized carbons (Fsp3) is 0.0714. The second-order valence-corrected chi connectivity index (χ2v) is 5.61. The Morgan fingerprint density at radius 1 is 1.05 bits per heavy atom. The average molecular weight is 328 g/mol. The summed E-state index contributed by atoms with van der Waals surface area (Å²) >= 11 is 17.9. The van der Waals surface area contributed by atoms with Gasteiger partial charge in [-0.3, -0.25) is 4.98 Å². The molecule has 0 aliphatic carbocycles. The molecular weight excluding hydrogens is 319 g/mol. The van der Waals surface area contributed by atoms with Gasteiger partial charge in [-0.15, -0.1) is 0 Å². The Labute approximate surface area is 130 Å². The van der Waals surface area contributed by atoms with Gasteiger partial charge in [0.2, 0.25) is 0 Å². The molecule has 6 heteroatoms. The molecule has 1 atom stereocenters. The van der Waals surface area contributed by atoms with Crippen LogP contribution in [0.15, 0.2) is 40.9 Å². The maximum Gasteiger partial charge on any atom is 0.134 e. The normalized spacial score (nSPS) is 12.8. The van der Waals surface area contributed by atoms with E-state index in [1.807, 2.05) is 12.1 Å². The lowest BCUT2D eigenvalue weighted by Gasteiger charge is -2.09. The number of halogens is 3. The summed E-state index contributed by atoms with van der Waals surface area (Å²) in [5, 5.41) is 2.39. The fourth-order valence-electron chi connectivity index (χ4n) is 1.98. The first-order chi connectivity index (χ1) is 9.54. The van der Waals surface area contributed by atoms with E-state index < -0.39 is 6.04 Å². The first kappa shape index (κ1) is 13.7. The number of rotatable bonds is 2. The second-order valence-electron chi connectivity index (χ2n) is 4.33. The van der Waals surface area contributed by atoms with Gasteiger partial charge in [-0.05, 0) is 30.3 Å². The van der Waals surface area contributed by atoms with Crippen LogP contribution in [-0.2, 0) is 0 Å². The second kappa shape index (κ2) is 5.26. The predicted molar refractivity (Wildman–Crippen MR) is 81.5 cm³/mol. The van der Waals surface area contributed by atoms with E-state index in [2.05, 4.69) is 4.98 Å². The minimum absolute atomic E-state index is 0.406. The van der Waals surface area contributed by atoms with Crippen molar-refractivity contribution >= 4 is 45.8 Å². The molecule has 0 fully saturated rings. The van der Waals surface area contributed by atoms with Crippen LogP contribution in [0.3, 0.4) is 0 Å². The SMILES string of the molecule is NC(c1cc2cc(Cl)ccc2o1)c1ncc(Cl)cc1Cl. The van der Waals surface area contributed by atoms with Crippen molar-refractivity contribution in [2.75, 3.05) is 0 Å². The third-order valence-electron chi connectivity index (χ3n) is 2.93. The summed E-state index contributed by atoms with van der Waals surface area (Å²) in [4.78, 5) is 4.17. The van der Waals surface area contributed by atoms with Crippen molar-refractivity contribution in [2.45, 2.75) is 6.04 Å². The molecule has 102 valence electrons. The Bertz CT molecular complexity index is 785. The van der Waals surface area contributed by atoms with E-state index in [0.717, 1.165) is 5.39 Å². The molecule has 2 N–H and O–H groups in total. The summed E-state index contributed by atoms with van der Waals surface area (Å²) in [5.74, 6) is 0.569. The first-order valence-corrected chi connectivity index (χ1v) is 6.93. The molecule has 2 heterocycles. The first-order valence-electron chi connectivity index (χ1n) is 5.80. The molecule has 1 aromatic carbocycles. The van der Waals surface area contributed by atoms with Gasteiger partial charge in [0.15, 0.2) is 0 Å². The van der Waals surface area contributed by atoms with Gasteiger partial charge >= 0.3 is 0 Å². The number of nitrogens with two attached hydrogens (primary N) is 1. The summed E-state index contributed by atoms with van der Waals surface area (Å²) < 4.78 is 5.71. The number of furan rings is 1. The lowest BCUT2D eigenvalue weighted by Crippen LogP contribution is -2.13. The largest absolute Gasteiger partial charge is 0.459 e. The summed E-state index contributed by atoms with van der Waals surface area (Å²) in [6, 6.07) is 8.24. The lowest BCUT2D eigenvalue weighted by molar-refractivity contribution is 0.521. The van der Waals surface area contributed by atoms with Crippen molar-refractivity contribution in [1.29, 1.82) is 0 Å². The smallest absolute Gasteiger partial charge is 0.134 e. The molecule has 0 amide bonds. The van der Waals surface area contributed by atoms with Crippen LogP contribution in [0.2, 0.25) is 15.1 Å². The summed E-state index contributed by atoms with van der Waals surface area (Å²) in [7, 11) is 0. The van der Waals surface area contributed by atoms with Crippen LogP contribution in [0.25, 0.3) is 11.0 Å². The van der Waals surface area contributed by atoms with Gasteiger partial charge in [-0.25, -0.2) is 0 Å². The van der Waals surface area contributed by atoms with Crippen LogP contribution in [-0.4, -0.2) is 4.98 Å². The van der Waals surface area contributed by atoms with Gasteiger partial charge in [-0.1, -0.05) is 34.8 Å². The molecule has 3 nitrogen and oxygen atoms in total. The van der Waals surface area contributed by atoms with Gasteiger partial charge in [0, 0.05) is 16.6 Å². The monoisotopic (exact) mass is 326 g/mol. The number of fused-ring (bicyclic) bond motifs is 1. The molecule has 2 aromatic heterocycles. The van der Waals surface area contributed by atoms with Crippen molar-refractivity contribution in [3.63, 3.8) is 0 Å². The summed E-state index contributed by atoms with van der Waals surface area (Å²) in [6.07, 6.45) is 1.50. The molecule has 0 radical (unpaired) electrons. The minimum Gasteiger partial charge on any atom is -0.459 e. The van der Waals surface area contributed by atoms with Gasteiger partial charge in [0.25, 0.3) is 0 Å². The van der Waals surface area contributed by atoms with Gasteiger partial charge < -0.3 is 10.2 Å². The highest BCUT2D eigenvalue weighted by molar-refractivity contribution is 6.34. The van der Waals surface area contributed by atoms with Gasteiger partial charge in [-0.2, -0.15) is 0 Å². The number of nitrogens with zero attached hydrogens (tertiary/aromatic N) is 1. The molecule has 0 aliphatic rings. The summed E-state index contributed by atoms with van der Waals surface area (Å²) in [6.45, 7) is 0. The molecule has 0 aliphatic heterocycles. The standard InChI is InChI=1S/C14H9Cl3N2O/c15-8-1-2-11-7(3-8)4-12(20-11)13(18)14-10(17)5-9(16)6-19-14/h1-6,13H,18H2.